The second kappa shape index (κ2) is 5.43. The van der Waals surface area contributed by atoms with Crippen molar-refractivity contribution < 1.29 is 0 Å². The number of nitriles is 1. The van der Waals surface area contributed by atoms with Crippen molar-refractivity contribution in [3.8, 4) is 6.07 Å². The topological polar surface area (TPSA) is 74.7 Å². The highest BCUT2D eigenvalue weighted by Gasteiger charge is 2.08. The summed E-state index contributed by atoms with van der Waals surface area (Å²) in [5, 5.41) is 13.3. The molecule has 0 unspecified atom stereocenters. The van der Waals surface area contributed by atoms with E-state index in [0.717, 1.165) is 26.8 Å². The molecule has 102 valence electrons. The molecule has 0 radical (unpaired) electrons. The molecule has 21 heavy (non-hydrogen) atoms. The molecule has 3 rings (SSSR count). The van der Waals surface area contributed by atoms with Crippen molar-refractivity contribution in [3.05, 3.63) is 58.7 Å². The molecule has 4 nitrogen and oxygen atoms in total. The molecule has 0 spiro atoms. The van der Waals surface area contributed by atoms with Crippen LogP contribution < -0.4 is 11.1 Å². The number of fused-ring (bicyclic) bond motifs is 1. The van der Waals surface area contributed by atoms with Crippen LogP contribution in [0.5, 0.6) is 0 Å². The largest absolute Gasteiger partial charge is 0.396 e. The first-order valence-corrected chi connectivity index (χ1v) is 7.08. The second-order valence-corrected chi connectivity index (χ2v) is 5.44. The van der Waals surface area contributed by atoms with E-state index >= 15 is 0 Å². The van der Waals surface area contributed by atoms with E-state index < -0.39 is 0 Å². The maximum Gasteiger partial charge on any atom is 0.101 e. The van der Waals surface area contributed by atoms with Gasteiger partial charge in [0, 0.05) is 16.1 Å². The number of benzene rings is 2. The minimum Gasteiger partial charge on any atom is -0.396 e. The number of nitrogens with two attached hydrogens (primary N) is 1. The summed E-state index contributed by atoms with van der Waals surface area (Å²) in [6.07, 6.45) is 1.73. The van der Waals surface area contributed by atoms with E-state index in [9.17, 15) is 5.26 Å². The average molecular weight is 339 g/mol. The van der Waals surface area contributed by atoms with E-state index in [1.165, 1.54) is 0 Å². The Balaban J connectivity index is 2.07. The smallest absolute Gasteiger partial charge is 0.101 e. The third kappa shape index (κ3) is 2.54. The Morgan fingerprint density at radius 2 is 1.95 bits per heavy atom. The van der Waals surface area contributed by atoms with Crippen LogP contribution in [0.3, 0.4) is 0 Å². The summed E-state index contributed by atoms with van der Waals surface area (Å²) >= 11 is 3.36. The van der Waals surface area contributed by atoms with E-state index in [-0.39, 0.29) is 0 Å². The predicted octanol–water partition coefficient (Wildman–Crippen LogP) is 4.19. The zero-order valence-electron chi connectivity index (χ0n) is 11.0. The number of aromatic nitrogens is 1. The predicted molar refractivity (Wildman–Crippen MR) is 88.3 cm³/mol. The number of rotatable bonds is 2. The number of nitrogens with one attached hydrogen (secondary N) is 1. The molecule has 3 N–H and O–H groups in total. The molecule has 2 aromatic carbocycles. The molecule has 5 heteroatoms. The lowest BCUT2D eigenvalue weighted by atomic mass is 10.1. The monoisotopic (exact) mass is 338 g/mol. The van der Waals surface area contributed by atoms with E-state index in [1.807, 2.05) is 36.4 Å². The number of anilines is 3. The summed E-state index contributed by atoms with van der Waals surface area (Å²) in [6.45, 7) is 0. The van der Waals surface area contributed by atoms with Gasteiger partial charge in [0.25, 0.3) is 0 Å². The Morgan fingerprint density at radius 3 is 2.76 bits per heavy atom. The molecule has 0 amide bonds. The van der Waals surface area contributed by atoms with E-state index in [4.69, 9.17) is 5.73 Å². The Labute approximate surface area is 130 Å². The molecule has 1 aromatic heterocycles. The summed E-state index contributed by atoms with van der Waals surface area (Å²) in [4.78, 5) is 4.27. The van der Waals surface area contributed by atoms with Gasteiger partial charge in [0.2, 0.25) is 0 Å². The van der Waals surface area contributed by atoms with Crippen molar-refractivity contribution in [1.82, 2.24) is 4.98 Å². The van der Waals surface area contributed by atoms with Gasteiger partial charge in [-0.2, -0.15) is 5.26 Å². The summed E-state index contributed by atoms with van der Waals surface area (Å²) < 4.78 is 0.861. The number of hydrogen-bond acceptors (Lipinski definition) is 4. The highest BCUT2D eigenvalue weighted by molar-refractivity contribution is 9.10. The molecular formula is C16H11BrN4. The summed E-state index contributed by atoms with van der Waals surface area (Å²) in [7, 11) is 0. The summed E-state index contributed by atoms with van der Waals surface area (Å²) in [5.74, 6) is 0. The Bertz CT molecular complexity index is 868. The van der Waals surface area contributed by atoms with Gasteiger partial charge in [0.1, 0.15) is 6.07 Å². The molecule has 1 heterocycles. The van der Waals surface area contributed by atoms with Gasteiger partial charge in [-0.25, -0.2) is 0 Å². The molecule has 0 saturated carbocycles. The molecule has 0 saturated heterocycles. The third-order valence-corrected chi connectivity index (χ3v) is 3.69. The van der Waals surface area contributed by atoms with Crippen LogP contribution in [0.4, 0.5) is 17.1 Å². The maximum atomic E-state index is 9.21. The van der Waals surface area contributed by atoms with Gasteiger partial charge in [-0.1, -0.05) is 15.9 Å². The molecule has 0 bridgehead atoms. The van der Waals surface area contributed by atoms with Crippen molar-refractivity contribution in [1.29, 1.82) is 5.26 Å². The van der Waals surface area contributed by atoms with Crippen LogP contribution >= 0.6 is 15.9 Å². The maximum absolute atomic E-state index is 9.21. The van der Waals surface area contributed by atoms with Crippen molar-refractivity contribution in [2.24, 2.45) is 0 Å². The van der Waals surface area contributed by atoms with Crippen LogP contribution in [0.25, 0.3) is 10.9 Å². The highest BCUT2D eigenvalue weighted by Crippen LogP contribution is 2.31. The average Bonchev–Trinajstić information content (AvgIpc) is 2.51. The first kappa shape index (κ1) is 13.4. The van der Waals surface area contributed by atoms with Crippen molar-refractivity contribution in [2.75, 3.05) is 11.1 Å². The Kier molecular flexibility index (Phi) is 3.46. The third-order valence-electron chi connectivity index (χ3n) is 3.20. The SMILES string of the molecule is N#Cc1cc(Br)ccc1Nc1ccc2ncccc2c1N. The second-order valence-electron chi connectivity index (χ2n) is 4.52. The van der Waals surface area contributed by atoms with E-state index in [0.29, 0.717) is 11.3 Å². The lowest BCUT2D eigenvalue weighted by Crippen LogP contribution is -1.99. The molecule has 0 aliphatic heterocycles. The Morgan fingerprint density at radius 1 is 1.14 bits per heavy atom. The quantitative estimate of drug-likeness (QED) is 0.687. The van der Waals surface area contributed by atoms with Gasteiger partial charge >= 0.3 is 0 Å². The van der Waals surface area contributed by atoms with Gasteiger partial charge < -0.3 is 11.1 Å². The Hall–Kier alpha value is -2.58. The molecule has 0 atom stereocenters. The standard InChI is InChI=1S/C16H11BrN4/c17-11-3-4-13(10(8-11)9-18)21-15-6-5-14-12(16(15)19)2-1-7-20-14/h1-8,21H,19H2. The minimum atomic E-state index is 0.551. The first-order chi connectivity index (χ1) is 10.2. The number of hydrogen-bond donors (Lipinski definition) is 2. The van der Waals surface area contributed by atoms with Gasteiger partial charge in [0.05, 0.1) is 28.1 Å². The lowest BCUT2D eigenvalue weighted by molar-refractivity contribution is 1.41. The zero-order chi connectivity index (χ0) is 14.8. The number of pyridine rings is 1. The molecule has 0 aliphatic carbocycles. The first-order valence-electron chi connectivity index (χ1n) is 6.29. The fourth-order valence-electron chi connectivity index (χ4n) is 2.15. The van der Waals surface area contributed by atoms with Crippen LogP contribution in [0.1, 0.15) is 5.56 Å². The number of nitrogens with zero attached hydrogens (tertiary/aromatic N) is 2. The lowest BCUT2D eigenvalue weighted by Gasteiger charge is -2.12. The van der Waals surface area contributed by atoms with Crippen LogP contribution in [-0.2, 0) is 0 Å². The summed E-state index contributed by atoms with van der Waals surface area (Å²) in [6, 6.07) is 15.2. The number of halogens is 1. The fraction of sp³-hybridized carbons (Fsp3) is 0. The van der Waals surface area contributed by atoms with Crippen molar-refractivity contribution in [2.45, 2.75) is 0 Å². The van der Waals surface area contributed by atoms with Gasteiger partial charge in [0.15, 0.2) is 0 Å². The van der Waals surface area contributed by atoms with Crippen LogP contribution in [0.2, 0.25) is 0 Å². The van der Waals surface area contributed by atoms with E-state index in [2.05, 4.69) is 32.3 Å². The highest BCUT2D eigenvalue weighted by atomic mass is 79.9. The van der Waals surface area contributed by atoms with Crippen LogP contribution in [0.15, 0.2) is 53.1 Å². The summed E-state index contributed by atoms with van der Waals surface area (Å²) in [5.41, 5.74) is 9.68. The van der Waals surface area contributed by atoms with Gasteiger partial charge in [-0.15, -0.1) is 0 Å². The molecular weight excluding hydrogens is 328 g/mol. The normalized spacial score (nSPS) is 10.3. The number of nitrogen functional groups attached to an aromatic ring is 1. The molecule has 3 aromatic rings. The molecule has 0 fully saturated rings. The van der Waals surface area contributed by atoms with Crippen molar-refractivity contribution in [3.63, 3.8) is 0 Å². The van der Waals surface area contributed by atoms with E-state index in [1.54, 1.807) is 12.3 Å². The fourth-order valence-corrected chi connectivity index (χ4v) is 2.51. The minimum absolute atomic E-state index is 0.551. The van der Waals surface area contributed by atoms with Crippen LogP contribution in [-0.4, -0.2) is 4.98 Å². The van der Waals surface area contributed by atoms with Gasteiger partial charge in [-0.3, -0.25) is 4.98 Å². The zero-order valence-corrected chi connectivity index (χ0v) is 12.6. The van der Waals surface area contributed by atoms with Crippen molar-refractivity contribution >= 4 is 43.9 Å². The van der Waals surface area contributed by atoms with Crippen LogP contribution in [0, 0.1) is 11.3 Å². The van der Waals surface area contributed by atoms with Gasteiger partial charge in [-0.05, 0) is 42.5 Å². The molecule has 0 aliphatic rings.